The van der Waals surface area contributed by atoms with E-state index in [1.54, 1.807) is 0 Å². The number of rotatable bonds is 3. The lowest BCUT2D eigenvalue weighted by Gasteiger charge is -2.22. The van der Waals surface area contributed by atoms with Gasteiger partial charge in [0.25, 0.3) is 0 Å². The topological polar surface area (TPSA) is 68.5 Å². The number of aliphatic imine (C=N–C) groups is 1. The van der Waals surface area contributed by atoms with E-state index in [9.17, 15) is 0 Å². The summed E-state index contributed by atoms with van der Waals surface area (Å²) < 4.78 is 0. The van der Waals surface area contributed by atoms with Gasteiger partial charge in [0.15, 0.2) is 5.82 Å². The molecule has 4 rings (SSSR count). The maximum atomic E-state index is 4.80. The van der Waals surface area contributed by atoms with Crippen molar-refractivity contribution in [2.45, 2.75) is 12.8 Å². The lowest BCUT2D eigenvalue weighted by Crippen LogP contribution is -2.34. The van der Waals surface area contributed by atoms with Crippen LogP contribution < -0.4 is 16.0 Å². The number of aromatic nitrogens is 1. The highest BCUT2D eigenvalue weighted by Gasteiger charge is 2.16. The number of hydrogen-bond acceptors (Lipinski definition) is 7. The van der Waals surface area contributed by atoms with Crippen LogP contribution in [0.25, 0.3) is 5.57 Å². The Morgan fingerprint density at radius 1 is 1.04 bits per heavy atom. The molecule has 1 fully saturated rings. The van der Waals surface area contributed by atoms with Crippen LogP contribution in [0.4, 0.5) is 5.82 Å². The molecule has 142 valence electrons. The maximum Gasteiger partial charge on any atom is 0.154 e. The number of anilines is 1. The molecule has 1 aromatic heterocycles. The first-order valence-corrected chi connectivity index (χ1v) is 9.70. The summed E-state index contributed by atoms with van der Waals surface area (Å²) in [7, 11) is 4.06. The van der Waals surface area contributed by atoms with Crippen molar-refractivity contribution in [1.29, 1.82) is 0 Å². The molecule has 0 radical (unpaired) electrons. The van der Waals surface area contributed by atoms with Gasteiger partial charge in [-0.25, -0.2) is 9.98 Å². The van der Waals surface area contributed by atoms with Gasteiger partial charge < -0.3 is 15.1 Å². The smallest absolute Gasteiger partial charge is 0.154 e. The number of likely N-dealkylation sites (N-methyl/N-ethyl adjacent to an activating group) is 1. The van der Waals surface area contributed by atoms with Crippen LogP contribution in [0, 0.1) is 0 Å². The van der Waals surface area contributed by atoms with Gasteiger partial charge in [-0.05, 0) is 38.6 Å². The molecule has 0 amide bonds. The van der Waals surface area contributed by atoms with Gasteiger partial charge in [0.05, 0.1) is 24.1 Å². The van der Waals surface area contributed by atoms with Gasteiger partial charge in [0, 0.05) is 38.5 Å². The molecular weight excluding hydrogens is 338 g/mol. The van der Waals surface area contributed by atoms with E-state index in [4.69, 9.17) is 9.98 Å². The first kappa shape index (κ1) is 17.9. The Labute approximate surface area is 159 Å². The van der Waals surface area contributed by atoms with E-state index in [2.05, 4.69) is 44.3 Å². The van der Waals surface area contributed by atoms with Crippen molar-refractivity contribution in [2.75, 3.05) is 58.7 Å². The van der Waals surface area contributed by atoms with Gasteiger partial charge >= 0.3 is 0 Å². The van der Waals surface area contributed by atoms with E-state index < -0.39 is 0 Å². The van der Waals surface area contributed by atoms with Crippen LogP contribution in [0.15, 0.2) is 39.0 Å². The van der Waals surface area contributed by atoms with Gasteiger partial charge in [-0.15, -0.1) is 0 Å². The first-order chi connectivity index (χ1) is 13.2. The standard InChI is InChI=1S/C20H27N7/c1-21-20-19-17(22-7-8-23-19)13-16(25-20)15-5-3-6-18(24-14-15)27-10-4-9-26(2)11-12-27/h5-6,13-14H,3-4,7-12H2,1-2H3,(H,21,25). The Morgan fingerprint density at radius 2 is 1.93 bits per heavy atom. The normalized spacial score (nSPS) is 20.4. The lowest BCUT2D eigenvalue weighted by atomic mass is 10.1. The predicted molar refractivity (Wildman–Crippen MR) is 109 cm³/mol. The third kappa shape index (κ3) is 3.93. The highest BCUT2D eigenvalue weighted by Crippen LogP contribution is 2.18. The summed E-state index contributed by atoms with van der Waals surface area (Å²) in [4.78, 5) is 23.5. The molecule has 4 heterocycles. The molecule has 1 saturated heterocycles. The second kappa shape index (κ2) is 8.00. The van der Waals surface area contributed by atoms with Crippen molar-refractivity contribution in [3.8, 4) is 0 Å². The SMILES string of the molecule is CNc1nc(C2=CCC=C(N3CCCN(C)CC3)N=C2)cc2c1=NCCN=2. The summed E-state index contributed by atoms with van der Waals surface area (Å²) >= 11 is 0. The molecule has 7 nitrogen and oxygen atoms in total. The molecular formula is C20H27N7. The van der Waals surface area contributed by atoms with Gasteiger partial charge in [-0.3, -0.25) is 9.98 Å². The van der Waals surface area contributed by atoms with Crippen LogP contribution in [0.3, 0.4) is 0 Å². The molecule has 0 unspecified atom stereocenters. The Morgan fingerprint density at radius 3 is 2.81 bits per heavy atom. The second-order valence-corrected chi connectivity index (χ2v) is 7.10. The highest BCUT2D eigenvalue weighted by molar-refractivity contribution is 6.09. The highest BCUT2D eigenvalue weighted by atomic mass is 15.3. The van der Waals surface area contributed by atoms with Crippen molar-refractivity contribution < 1.29 is 0 Å². The molecule has 27 heavy (non-hydrogen) atoms. The van der Waals surface area contributed by atoms with Crippen LogP contribution >= 0.6 is 0 Å². The lowest BCUT2D eigenvalue weighted by molar-refractivity contribution is 0.324. The van der Waals surface area contributed by atoms with Crippen LogP contribution in [-0.2, 0) is 0 Å². The molecule has 0 spiro atoms. The van der Waals surface area contributed by atoms with E-state index in [1.165, 1.54) is 6.42 Å². The zero-order valence-electron chi connectivity index (χ0n) is 16.1. The molecule has 0 aromatic carbocycles. The van der Waals surface area contributed by atoms with Crippen LogP contribution in [0.5, 0.6) is 0 Å². The number of hydrogen-bond donors (Lipinski definition) is 1. The van der Waals surface area contributed by atoms with E-state index in [0.29, 0.717) is 0 Å². The zero-order valence-corrected chi connectivity index (χ0v) is 16.1. The quantitative estimate of drug-likeness (QED) is 0.857. The number of allylic oxidation sites excluding steroid dienone is 3. The number of nitrogens with one attached hydrogen (secondary N) is 1. The average Bonchev–Trinajstić information content (AvgIpc) is 3.07. The predicted octanol–water partition coefficient (Wildman–Crippen LogP) is 0.713. The molecule has 0 aliphatic carbocycles. The minimum atomic E-state index is 0.727. The van der Waals surface area contributed by atoms with Gasteiger partial charge in [0.2, 0.25) is 0 Å². The fourth-order valence-electron chi connectivity index (χ4n) is 3.65. The average molecular weight is 365 g/mol. The van der Waals surface area contributed by atoms with Crippen molar-refractivity contribution in [3.05, 3.63) is 40.4 Å². The molecule has 1 N–H and O–H groups in total. The van der Waals surface area contributed by atoms with Gasteiger partial charge in [-0.1, -0.05) is 6.08 Å². The van der Waals surface area contributed by atoms with Crippen molar-refractivity contribution >= 4 is 17.6 Å². The minimum absolute atomic E-state index is 0.727. The van der Waals surface area contributed by atoms with Gasteiger partial charge in [0.1, 0.15) is 11.2 Å². The summed E-state index contributed by atoms with van der Waals surface area (Å²) in [5.41, 5.74) is 1.93. The third-order valence-electron chi connectivity index (χ3n) is 5.17. The largest absolute Gasteiger partial charge is 0.371 e. The Kier molecular flexibility index (Phi) is 5.29. The summed E-state index contributed by atoms with van der Waals surface area (Å²) in [6, 6.07) is 2.03. The number of nitrogens with zero attached hydrogens (tertiary/aromatic N) is 6. The molecule has 1 aromatic rings. The van der Waals surface area contributed by atoms with Crippen LogP contribution in [-0.4, -0.2) is 74.4 Å². The number of pyridine rings is 1. The fraction of sp³-hybridized carbons (Fsp3) is 0.500. The van der Waals surface area contributed by atoms with E-state index >= 15 is 0 Å². The summed E-state index contributed by atoms with van der Waals surface area (Å²) in [5, 5.41) is 4.94. The molecule has 7 heteroatoms. The molecule has 3 aliphatic heterocycles. The molecule has 3 aliphatic rings. The Hall–Kier alpha value is -2.54. The van der Waals surface area contributed by atoms with Crippen molar-refractivity contribution in [1.82, 2.24) is 14.8 Å². The maximum absolute atomic E-state index is 4.80. The molecule has 0 saturated carbocycles. The zero-order chi connectivity index (χ0) is 18.6. The van der Waals surface area contributed by atoms with E-state index in [-0.39, 0.29) is 0 Å². The molecule has 0 bridgehead atoms. The van der Waals surface area contributed by atoms with Crippen molar-refractivity contribution in [3.63, 3.8) is 0 Å². The van der Waals surface area contributed by atoms with E-state index in [1.807, 2.05) is 19.3 Å². The summed E-state index contributed by atoms with van der Waals surface area (Å²) in [6.45, 7) is 5.78. The Bertz CT molecular complexity index is 913. The van der Waals surface area contributed by atoms with Gasteiger partial charge in [-0.2, -0.15) is 0 Å². The van der Waals surface area contributed by atoms with Crippen molar-refractivity contribution in [2.24, 2.45) is 15.0 Å². The second-order valence-electron chi connectivity index (χ2n) is 7.10. The number of fused-ring (bicyclic) bond motifs is 1. The summed E-state index contributed by atoms with van der Waals surface area (Å²) in [5.74, 6) is 1.86. The van der Waals surface area contributed by atoms with Crippen LogP contribution in [0.2, 0.25) is 0 Å². The minimum Gasteiger partial charge on any atom is -0.371 e. The van der Waals surface area contributed by atoms with E-state index in [0.717, 1.165) is 79.3 Å². The Balaban J connectivity index is 1.59. The summed E-state index contributed by atoms with van der Waals surface area (Å²) in [6.07, 6.45) is 8.38. The fourth-order valence-corrected chi connectivity index (χ4v) is 3.65. The molecule has 0 atom stereocenters. The first-order valence-electron chi connectivity index (χ1n) is 9.70. The van der Waals surface area contributed by atoms with Crippen LogP contribution in [0.1, 0.15) is 18.5 Å². The monoisotopic (exact) mass is 365 g/mol. The third-order valence-corrected chi connectivity index (χ3v) is 5.17.